The van der Waals surface area contributed by atoms with Gasteiger partial charge in [0.15, 0.2) is 0 Å². The molecule has 0 amide bonds. The van der Waals surface area contributed by atoms with Crippen molar-refractivity contribution in [1.82, 2.24) is 4.31 Å². The second-order valence-electron chi connectivity index (χ2n) is 4.97. The maximum absolute atomic E-state index is 12.5. The van der Waals surface area contributed by atoms with Gasteiger partial charge in [-0.1, -0.05) is 13.8 Å². The van der Waals surface area contributed by atoms with Gasteiger partial charge in [0.25, 0.3) is 0 Å². The molecule has 0 fully saturated rings. The SMILES string of the molecule is CC(C)CN(C(C)C)S(=O)(=O)c1csc(CO)c1. The van der Waals surface area contributed by atoms with Gasteiger partial charge in [-0.15, -0.1) is 11.3 Å². The lowest BCUT2D eigenvalue weighted by Crippen LogP contribution is -2.39. The van der Waals surface area contributed by atoms with Crippen molar-refractivity contribution in [2.75, 3.05) is 6.54 Å². The zero-order valence-corrected chi connectivity index (χ0v) is 12.9. The van der Waals surface area contributed by atoms with Gasteiger partial charge in [-0.2, -0.15) is 4.31 Å². The zero-order valence-electron chi connectivity index (χ0n) is 11.3. The van der Waals surface area contributed by atoms with E-state index in [1.165, 1.54) is 15.6 Å². The van der Waals surface area contributed by atoms with Gasteiger partial charge in [-0.25, -0.2) is 8.42 Å². The van der Waals surface area contributed by atoms with Crippen LogP contribution >= 0.6 is 11.3 Å². The Bertz CT molecular complexity index is 477. The summed E-state index contributed by atoms with van der Waals surface area (Å²) in [5.41, 5.74) is 0. The highest BCUT2D eigenvalue weighted by Gasteiger charge is 2.28. The van der Waals surface area contributed by atoms with Crippen LogP contribution in [0.15, 0.2) is 16.3 Å². The molecule has 0 radical (unpaired) electrons. The van der Waals surface area contributed by atoms with Crippen LogP contribution in [0.4, 0.5) is 0 Å². The molecule has 0 aliphatic carbocycles. The van der Waals surface area contributed by atoms with Crippen molar-refractivity contribution < 1.29 is 13.5 Å². The number of nitrogens with zero attached hydrogens (tertiary/aromatic N) is 1. The number of sulfonamides is 1. The Morgan fingerprint density at radius 2 is 1.94 bits per heavy atom. The number of thiophene rings is 1. The highest BCUT2D eigenvalue weighted by atomic mass is 32.2. The molecule has 0 unspecified atom stereocenters. The van der Waals surface area contributed by atoms with E-state index in [0.717, 1.165) is 0 Å². The van der Waals surface area contributed by atoms with Crippen LogP contribution in [0, 0.1) is 5.92 Å². The minimum atomic E-state index is -3.45. The van der Waals surface area contributed by atoms with Crippen molar-refractivity contribution in [3.8, 4) is 0 Å². The molecule has 1 N–H and O–H groups in total. The summed E-state index contributed by atoms with van der Waals surface area (Å²) in [6, 6.07) is 1.48. The number of aliphatic hydroxyl groups is 1. The van der Waals surface area contributed by atoms with Gasteiger partial charge in [0.1, 0.15) is 0 Å². The first-order valence-corrected chi connectivity index (χ1v) is 8.31. The first kappa shape index (κ1) is 15.6. The van der Waals surface area contributed by atoms with Crippen molar-refractivity contribution in [1.29, 1.82) is 0 Å². The highest BCUT2D eigenvalue weighted by Crippen LogP contribution is 2.24. The van der Waals surface area contributed by atoms with Gasteiger partial charge < -0.3 is 5.11 Å². The lowest BCUT2D eigenvalue weighted by molar-refractivity contribution is 0.285. The zero-order chi connectivity index (χ0) is 13.9. The van der Waals surface area contributed by atoms with Crippen molar-refractivity contribution in [2.24, 2.45) is 5.92 Å². The third-order valence-corrected chi connectivity index (χ3v) is 5.60. The molecule has 0 saturated heterocycles. The second kappa shape index (κ2) is 6.14. The maximum atomic E-state index is 12.5. The molecule has 1 aromatic rings. The average molecular weight is 291 g/mol. The molecule has 1 heterocycles. The number of aliphatic hydroxyl groups excluding tert-OH is 1. The van der Waals surface area contributed by atoms with Gasteiger partial charge in [-0.05, 0) is 25.8 Å². The van der Waals surface area contributed by atoms with Crippen LogP contribution in [0.1, 0.15) is 32.6 Å². The molecular formula is C12H21NO3S2. The van der Waals surface area contributed by atoms with Crippen molar-refractivity contribution in [3.63, 3.8) is 0 Å². The molecule has 0 saturated carbocycles. The van der Waals surface area contributed by atoms with E-state index in [-0.39, 0.29) is 23.5 Å². The summed E-state index contributed by atoms with van der Waals surface area (Å²) < 4.78 is 26.5. The summed E-state index contributed by atoms with van der Waals surface area (Å²) in [5, 5.41) is 10.6. The summed E-state index contributed by atoms with van der Waals surface area (Å²) in [4.78, 5) is 0.952. The molecule has 0 aromatic carbocycles. The molecule has 1 aromatic heterocycles. The molecule has 0 bridgehead atoms. The molecule has 6 heteroatoms. The van der Waals surface area contributed by atoms with Crippen LogP contribution in [0.3, 0.4) is 0 Å². The number of rotatable bonds is 6. The minimum absolute atomic E-state index is 0.0742. The Morgan fingerprint density at radius 3 is 2.33 bits per heavy atom. The number of hydrogen-bond donors (Lipinski definition) is 1. The summed E-state index contributed by atoms with van der Waals surface area (Å²) in [6.07, 6.45) is 0. The van der Waals surface area contributed by atoms with E-state index >= 15 is 0 Å². The Balaban J connectivity index is 3.08. The van der Waals surface area contributed by atoms with E-state index < -0.39 is 10.0 Å². The van der Waals surface area contributed by atoms with Gasteiger partial charge in [0.2, 0.25) is 10.0 Å². The van der Waals surface area contributed by atoms with Crippen LogP contribution in [-0.2, 0) is 16.6 Å². The summed E-state index contributed by atoms with van der Waals surface area (Å²) in [5.74, 6) is 0.276. The van der Waals surface area contributed by atoms with Crippen LogP contribution in [-0.4, -0.2) is 30.4 Å². The predicted octanol–water partition coefficient (Wildman–Crippen LogP) is 2.30. The normalized spacial score (nSPS) is 12.9. The fourth-order valence-electron chi connectivity index (χ4n) is 1.66. The van der Waals surface area contributed by atoms with E-state index in [4.69, 9.17) is 5.11 Å². The van der Waals surface area contributed by atoms with Crippen LogP contribution in [0.5, 0.6) is 0 Å². The second-order valence-corrected chi connectivity index (χ2v) is 7.86. The van der Waals surface area contributed by atoms with E-state index in [1.807, 2.05) is 27.7 Å². The summed E-state index contributed by atoms with van der Waals surface area (Å²) in [6.45, 7) is 8.13. The van der Waals surface area contributed by atoms with Gasteiger partial charge in [0, 0.05) is 22.8 Å². The Morgan fingerprint density at radius 1 is 1.33 bits per heavy atom. The lowest BCUT2D eigenvalue weighted by Gasteiger charge is -2.27. The van der Waals surface area contributed by atoms with E-state index in [9.17, 15) is 8.42 Å². The van der Waals surface area contributed by atoms with E-state index in [1.54, 1.807) is 11.4 Å². The molecule has 0 aliphatic heterocycles. The van der Waals surface area contributed by atoms with Gasteiger partial charge in [0.05, 0.1) is 11.5 Å². The first-order valence-electron chi connectivity index (χ1n) is 5.99. The fraction of sp³-hybridized carbons (Fsp3) is 0.667. The summed E-state index contributed by atoms with van der Waals surface area (Å²) >= 11 is 1.27. The third kappa shape index (κ3) is 3.54. The van der Waals surface area contributed by atoms with Crippen molar-refractivity contribution >= 4 is 21.4 Å². The molecule has 1 rings (SSSR count). The molecule has 4 nitrogen and oxygen atoms in total. The van der Waals surface area contributed by atoms with Crippen LogP contribution in [0.2, 0.25) is 0 Å². The largest absolute Gasteiger partial charge is 0.391 e. The van der Waals surface area contributed by atoms with Crippen molar-refractivity contribution in [2.45, 2.75) is 45.2 Å². The molecular weight excluding hydrogens is 270 g/mol. The van der Waals surface area contributed by atoms with E-state index in [2.05, 4.69) is 0 Å². The van der Waals surface area contributed by atoms with Gasteiger partial charge >= 0.3 is 0 Å². The maximum Gasteiger partial charge on any atom is 0.244 e. The van der Waals surface area contributed by atoms with E-state index in [0.29, 0.717) is 11.4 Å². The molecule has 0 atom stereocenters. The molecule has 0 aliphatic rings. The Labute approximate surface area is 113 Å². The molecule has 104 valence electrons. The molecule has 18 heavy (non-hydrogen) atoms. The van der Waals surface area contributed by atoms with Crippen LogP contribution < -0.4 is 0 Å². The smallest absolute Gasteiger partial charge is 0.244 e. The predicted molar refractivity (Wildman–Crippen MR) is 74.1 cm³/mol. The minimum Gasteiger partial charge on any atom is -0.391 e. The highest BCUT2D eigenvalue weighted by molar-refractivity contribution is 7.89. The van der Waals surface area contributed by atoms with Crippen LogP contribution in [0.25, 0.3) is 0 Å². The number of hydrogen-bond acceptors (Lipinski definition) is 4. The topological polar surface area (TPSA) is 57.6 Å². The fourth-order valence-corrected chi connectivity index (χ4v) is 4.58. The standard InChI is InChI=1S/C12H21NO3S2/c1-9(2)6-13(10(3)4)18(15,16)12-5-11(7-14)17-8-12/h5,8-10,14H,6-7H2,1-4H3. The Kier molecular flexibility index (Phi) is 5.33. The summed E-state index contributed by atoms with van der Waals surface area (Å²) in [7, 11) is -3.45. The van der Waals surface area contributed by atoms with Crippen molar-refractivity contribution in [3.05, 3.63) is 16.3 Å². The first-order chi connectivity index (χ1) is 8.28. The quantitative estimate of drug-likeness (QED) is 0.875. The molecule has 0 spiro atoms. The monoisotopic (exact) mass is 291 g/mol. The lowest BCUT2D eigenvalue weighted by atomic mass is 10.2. The van der Waals surface area contributed by atoms with Gasteiger partial charge in [-0.3, -0.25) is 0 Å². The Hall–Kier alpha value is -0.430. The average Bonchev–Trinajstić information content (AvgIpc) is 2.74. The third-order valence-electron chi connectivity index (χ3n) is 2.51.